The molecular weight excluding hydrogens is 531 g/mol. The van der Waals surface area contributed by atoms with Gasteiger partial charge in [-0.2, -0.15) is 0 Å². The minimum atomic E-state index is -3.98. The predicted molar refractivity (Wildman–Crippen MR) is 150 cm³/mol. The van der Waals surface area contributed by atoms with Crippen molar-refractivity contribution < 1.29 is 22.7 Å². The van der Waals surface area contributed by atoms with Gasteiger partial charge in [-0.25, -0.2) is 13.4 Å². The van der Waals surface area contributed by atoms with Crippen LogP contribution in [-0.4, -0.2) is 38.8 Å². The zero-order valence-electron chi connectivity index (χ0n) is 20.4. The minimum absolute atomic E-state index is 0.0759. The standard InChI is InChI=1S/C26H27N3O5S3/c1-3-34-20-13-10-18(11-14-20)29-37(31,32)24-17-19(12-15-22(24)33-2)27-25(30)9-6-16-35-26-28-21-7-4-5-8-23(21)36-26/h4-5,7-8,10-15,17,29H,3,6,9,16H2,1-2H3,(H,27,30). The Balaban J connectivity index is 1.35. The molecule has 1 amide bonds. The maximum atomic E-state index is 13.1. The van der Waals surface area contributed by atoms with Crippen LogP contribution >= 0.6 is 23.1 Å². The van der Waals surface area contributed by atoms with Gasteiger partial charge < -0.3 is 14.8 Å². The number of carbonyl (C=O) groups is 1. The summed E-state index contributed by atoms with van der Waals surface area (Å²) in [5.74, 6) is 1.37. The highest BCUT2D eigenvalue weighted by Gasteiger charge is 2.21. The molecule has 0 aliphatic rings. The Labute approximate surface area is 224 Å². The van der Waals surface area contributed by atoms with E-state index in [9.17, 15) is 13.2 Å². The lowest BCUT2D eigenvalue weighted by Gasteiger charge is -2.14. The molecule has 4 aromatic rings. The van der Waals surface area contributed by atoms with Crippen LogP contribution in [0.15, 0.2) is 76.0 Å². The number of benzene rings is 3. The number of fused-ring (bicyclic) bond motifs is 1. The average Bonchev–Trinajstić information content (AvgIpc) is 3.31. The molecule has 0 bridgehead atoms. The predicted octanol–water partition coefficient (Wildman–Crippen LogP) is 6.02. The molecule has 37 heavy (non-hydrogen) atoms. The second-order valence-corrected chi connectivity index (χ2v) is 11.9. The summed E-state index contributed by atoms with van der Waals surface area (Å²) in [5, 5.41) is 2.79. The number of nitrogens with one attached hydrogen (secondary N) is 2. The summed E-state index contributed by atoms with van der Waals surface area (Å²) < 4.78 is 41.5. The normalized spacial score (nSPS) is 11.3. The first-order valence-corrected chi connectivity index (χ1v) is 14.9. The number of hydrogen-bond acceptors (Lipinski definition) is 8. The fourth-order valence-electron chi connectivity index (χ4n) is 3.49. The fraction of sp³-hybridized carbons (Fsp3) is 0.231. The van der Waals surface area contributed by atoms with Crippen LogP contribution in [0.4, 0.5) is 11.4 Å². The number of rotatable bonds is 12. The Hall–Kier alpha value is -3.28. The van der Waals surface area contributed by atoms with E-state index in [1.807, 2.05) is 31.2 Å². The third-order valence-electron chi connectivity index (χ3n) is 5.20. The van der Waals surface area contributed by atoms with E-state index in [-0.39, 0.29) is 16.6 Å². The number of hydrogen-bond donors (Lipinski definition) is 2. The number of thiazole rings is 1. The van der Waals surface area contributed by atoms with Crippen molar-refractivity contribution in [3.05, 3.63) is 66.7 Å². The summed E-state index contributed by atoms with van der Waals surface area (Å²) in [4.78, 5) is 17.0. The summed E-state index contributed by atoms with van der Waals surface area (Å²) in [6.07, 6.45) is 0.962. The van der Waals surface area contributed by atoms with Crippen molar-refractivity contribution in [1.29, 1.82) is 0 Å². The van der Waals surface area contributed by atoms with Gasteiger partial charge in [0.2, 0.25) is 5.91 Å². The van der Waals surface area contributed by atoms with Gasteiger partial charge in [0.15, 0.2) is 4.34 Å². The lowest BCUT2D eigenvalue weighted by molar-refractivity contribution is -0.116. The van der Waals surface area contributed by atoms with Gasteiger partial charge in [-0.3, -0.25) is 9.52 Å². The monoisotopic (exact) mass is 557 g/mol. The van der Waals surface area contributed by atoms with Crippen LogP contribution in [0.2, 0.25) is 0 Å². The largest absolute Gasteiger partial charge is 0.495 e. The molecule has 4 rings (SSSR count). The van der Waals surface area contributed by atoms with E-state index in [2.05, 4.69) is 15.0 Å². The van der Waals surface area contributed by atoms with Gasteiger partial charge in [0.1, 0.15) is 16.4 Å². The lowest BCUT2D eigenvalue weighted by atomic mass is 10.2. The zero-order chi connectivity index (χ0) is 26.3. The average molecular weight is 558 g/mol. The van der Waals surface area contributed by atoms with Crippen LogP contribution < -0.4 is 19.5 Å². The molecule has 0 unspecified atom stereocenters. The molecule has 1 aromatic heterocycles. The van der Waals surface area contributed by atoms with Crippen LogP contribution in [0.1, 0.15) is 19.8 Å². The molecule has 8 nitrogen and oxygen atoms in total. The highest BCUT2D eigenvalue weighted by atomic mass is 32.2. The number of ether oxygens (including phenoxy) is 2. The lowest BCUT2D eigenvalue weighted by Crippen LogP contribution is -2.16. The molecule has 0 aliphatic heterocycles. The molecule has 0 spiro atoms. The van der Waals surface area contributed by atoms with Gasteiger partial charge in [-0.15, -0.1) is 11.3 Å². The van der Waals surface area contributed by atoms with Gasteiger partial charge in [0.25, 0.3) is 10.0 Å². The molecule has 0 atom stereocenters. The van der Waals surface area contributed by atoms with E-state index in [1.165, 1.54) is 19.2 Å². The molecule has 0 saturated carbocycles. The first-order chi connectivity index (χ1) is 17.9. The first-order valence-electron chi connectivity index (χ1n) is 11.6. The van der Waals surface area contributed by atoms with Gasteiger partial charge in [-0.1, -0.05) is 23.9 Å². The Morgan fingerprint density at radius 3 is 2.54 bits per heavy atom. The number of nitrogens with zero attached hydrogens (tertiary/aromatic N) is 1. The summed E-state index contributed by atoms with van der Waals surface area (Å²) in [6, 6.07) is 19.1. The van der Waals surface area contributed by atoms with Crippen molar-refractivity contribution in [2.75, 3.05) is 29.5 Å². The number of thioether (sulfide) groups is 1. The van der Waals surface area contributed by atoms with Crippen molar-refractivity contribution in [2.45, 2.75) is 29.0 Å². The molecule has 2 N–H and O–H groups in total. The molecule has 194 valence electrons. The Bertz CT molecular complexity index is 1440. The van der Waals surface area contributed by atoms with Crippen LogP contribution in [0.5, 0.6) is 11.5 Å². The van der Waals surface area contributed by atoms with Gasteiger partial charge in [0, 0.05) is 23.5 Å². The van der Waals surface area contributed by atoms with Crippen LogP contribution in [0, 0.1) is 0 Å². The second kappa shape index (κ2) is 12.3. The summed E-state index contributed by atoms with van der Waals surface area (Å²) in [5.41, 5.74) is 1.73. The number of methoxy groups -OCH3 is 1. The third kappa shape index (κ3) is 7.15. The molecule has 3 aromatic carbocycles. The van der Waals surface area contributed by atoms with Crippen molar-refractivity contribution in [2.24, 2.45) is 0 Å². The molecule has 1 heterocycles. The van der Waals surface area contributed by atoms with Gasteiger partial charge >= 0.3 is 0 Å². The van der Waals surface area contributed by atoms with Crippen LogP contribution in [0.3, 0.4) is 0 Å². The Morgan fingerprint density at radius 2 is 1.81 bits per heavy atom. The molecule has 0 radical (unpaired) electrons. The van der Waals surface area contributed by atoms with E-state index in [0.717, 1.165) is 20.3 Å². The van der Waals surface area contributed by atoms with Crippen LogP contribution in [-0.2, 0) is 14.8 Å². The van der Waals surface area contributed by atoms with Crippen LogP contribution in [0.25, 0.3) is 10.2 Å². The SMILES string of the molecule is CCOc1ccc(NS(=O)(=O)c2cc(NC(=O)CCCSc3nc4ccccc4s3)ccc2OC)cc1. The van der Waals surface area contributed by atoms with Gasteiger partial charge in [0.05, 0.1) is 23.9 Å². The summed E-state index contributed by atoms with van der Waals surface area (Å²) in [6.45, 7) is 2.39. The fourth-order valence-corrected chi connectivity index (χ4v) is 6.82. The maximum Gasteiger partial charge on any atom is 0.265 e. The number of para-hydroxylation sites is 1. The highest BCUT2D eigenvalue weighted by Crippen LogP contribution is 2.31. The highest BCUT2D eigenvalue weighted by molar-refractivity contribution is 8.01. The van der Waals surface area contributed by atoms with E-state index in [0.29, 0.717) is 36.6 Å². The molecule has 0 aliphatic carbocycles. The maximum absolute atomic E-state index is 13.1. The van der Waals surface area contributed by atoms with Crippen molar-refractivity contribution in [3.63, 3.8) is 0 Å². The quantitative estimate of drug-likeness (QED) is 0.162. The van der Waals surface area contributed by atoms with Crippen molar-refractivity contribution >= 4 is 60.6 Å². The summed E-state index contributed by atoms with van der Waals surface area (Å²) in [7, 11) is -2.58. The molecule has 0 saturated heterocycles. The third-order valence-corrected chi connectivity index (χ3v) is 8.87. The number of anilines is 2. The first kappa shape index (κ1) is 26.8. The van der Waals surface area contributed by atoms with E-state index < -0.39 is 10.0 Å². The molecule has 11 heteroatoms. The molecular formula is C26H27N3O5S3. The number of amides is 1. The Morgan fingerprint density at radius 1 is 1.05 bits per heavy atom. The molecule has 0 fully saturated rings. The van der Waals surface area contributed by atoms with Crippen molar-refractivity contribution in [3.8, 4) is 11.5 Å². The summed E-state index contributed by atoms with van der Waals surface area (Å²) >= 11 is 3.26. The zero-order valence-corrected chi connectivity index (χ0v) is 22.8. The van der Waals surface area contributed by atoms with E-state index >= 15 is 0 Å². The van der Waals surface area contributed by atoms with Gasteiger partial charge in [-0.05, 0) is 67.9 Å². The smallest absolute Gasteiger partial charge is 0.265 e. The van der Waals surface area contributed by atoms with E-state index in [4.69, 9.17) is 9.47 Å². The number of sulfonamides is 1. The van der Waals surface area contributed by atoms with E-state index in [1.54, 1.807) is 53.4 Å². The number of aromatic nitrogens is 1. The number of carbonyl (C=O) groups excluding carboxylic acids is 1. The topological polar surface area (TPSA) is 107 Å². The minimum Gasteiger partial charge on any atom is -0.495 e. The Kier molecular flexibility index (Phi) is 8.91. The second-order valence-electron chi connectivity index (χ2n) is 7.88. The van der Waals surface area contributed by atoms with Crippen molar-refractivity contribution in [1.82, 2.24) is 4.98 Å².